The normalized spacial score (nSPS) is 44.0. The molecule has 0 aromatic rings. The van der Waals surface area contributed by atoms with Crippen LogP contribution in [0.5, 0.6) is 0 Å². The lowest BCUT2D eigenvalue weighted by Gasteiger charge is -2.12. The molecule has 4 atom stereocenters. The van der Waals surface area contributed by atoms with Gasteiger partial charge in [0.1, 0.15) is 4.33 Å². The van der Waals surface area contributed by atoms with E-state index in [9.17, 15) is 4.79 Å². The van der Waals surface area contributed by atoms with Gasteiger partial charge in [-0.05, 0) is 6.42 Å². The summed E-state index contributed by atoms with van der Waals surface area (Å²) < 4.78 is -0.679. The third kappa shape index (κ3) is 1.78. The Bertz CT molecular complexity index is 346. The van der Waals surface area contributed by atoms with Gasteiger partial charge in [0, 0.05) is 37.0 Å². The number of amides is 1. The zero-order valence-corrected chi connectivity index (χ0v) is 11.7. The molecular formula is C12H18Cl2N2O. The Hall–Kier alpha value is 0.01000. The number of nitrogens with one attached hydrogen (secondary N) is 1. The van der Waals surface area contributed by atoms with E-state index in [1.54, 1.807) is 0 Å². The average molecular weight is 277 g/mol. The molecule has 2 saturated heterocycles. The largest absolute Gasteiger partial charge is 0.355 e. The lowest BCUT2D eigenvalue weighted by molar-refractivity contribution is -0.124. The maximum atomic E-state index is 11.9. The smallest absolute Gasteiger partial charge is 0.224 e. The van der Waals surface area contributed by atoms with Gasteiger partial charge >= 0.3 is 0 Å². The number of carbonyl (C=O) groups excluding carboxylic acids is 1. The van der Waals surface area contributed by atoms with Crippen molar-refractivity contribution < 1.29 is 4.79 Å². The molecule has 3 rings (SSSR count). The second kappa shape index (κ2) is 3.52. The van der Waals surface area contributed by atoms with Crippen molar-refractivity contribution in [3.05, 3.63) is 0 Å². The first-order valence-corrected chi connectivity index (χ1v) is 6.99. The fraction of sp³-hybridized carbons (Fsp3) is 0.917. The molecule has 17 heavy (non-hydrogen) atoms. The first-order chi connectivity index (χ1) is 7.84. The monoisotopic (exact) mass is 276 g/mol. The molecule has 5 heteroatoms. The summed E-state index contributed by atoms with van der Waals surface area (Å²) in [5.74, 6) is 0.512. The van der Waals surface area contributed by atoms with Gasteiger partial charge in [-0.3, -0.25) is 9.69 Å². The Labute approximate surface area is 112 Å². The van der Waals surface area contributed by atoms with E-state index in [1.165, 1.54) is 6.54 Å². The molecule has 1 N–H and O–H groups in total. The summed E-state index contributed by atoms with van der Waals surface area (Å²) in [6.45, 7) is 6.80. The molecule has 0 bridgehead atoms. The molecular weight excluding hydrogens is 259 g/mol. The molecule has 3 aliphatic rings. The zero-order chi connectivity index (χ0) is 12.4. The van der Waals surface area contributed by atoms with Crippen LogP contribution in [-0.2, 0) is 4.79 Å². The molecule has 0 aromatic heterocycles. The molecule has 1 saturated carbocycles. The molecule has 1 amide bonds. The molecule has 0 aromatic carbocycles. The predicted molar refractivity (Wildman–Crippen MR) is 68.2 cm³/mol. The number of carbonyl (C=O) groups is 1. The van der Waals surface area contributed by atoms with E-state index >= 15 is 0 Å². The number of hydrogen-bond acceptors (Lipinski definition) is 2. The molecule has 0 spiro atoms. The van der Waals surface area contributed by atoms with Crippen LogP contribution in [0.25, 0.3) is 0 Å². The minimum atomic E-state index is -0.679. The number of fused-ring (bicyclic) bond motifs is 1. The summed E-state index contributed by atoms with van der Waals surface area (Å²) in [6, 6.07) is 0.684. The van der Waals surface area contributed by atoms with E-state index in [-0.39, 0.29) is 23.2 Å². The van der Waals surface area contributed by atoms with Gasteiger partial charge in [-0.25, -0.2) is 0 Å². The number of hydrogen-bond donors (Lipinski definition) is 1. The Balaban J connectivity index is 1.47. The standard InChI is InChI=1S/C12H18Cl2N2O/c1-11(2)9(12(11,13)14)4-15-10(17)7-3-8-6-16(8)5-7/h7-9H,3-6H2,1-2H3,(H,15,17)/t7?,8?,9-,16?/m0/s1. The average Bonchev–Trinajstić information content (AvgIpc) is 2.96. The third-order valence-corrected chi connectivity index (χ3v) is 6.28. The second-order valence-corrected chi connectivity index (χ2v) is 7.57. The third-order valence-electron chi connectivity index (χ3n) is 4.78. The molecule has 3 fully saturated rings. The molecule has 0 radical (unpaired) electrons. The van der Waals surface area contributed by atoms with Crippen molar-refractivity contribution in [3.63, 3.8) is 0 Å². The SMILES string of the molecule is CC1(C)[C@H](CNC(=O)C2CC3CN3C2)C1(Cl)Cl. The van der Waals surface area contributed by atoms with Crippen LogP contribution in [0.2, 0.25) is 0 Å². The van der Waals surface area contributed by atoms with Gasteiger partial charge < -0.3 is 5.32 Å². The number of nitrogens with zero attached hydrogens (tertiary/aromatic N) is 1. The molecule has 96 valence electrons. The van der Waals surface area contributed by atoms with Crippen molar-refractivity contribution in [2.45, 2.75) is 30.6 Å². The van der Waals surface area contributed by atoms with Crippen molar-refractivity contribution >= 4 is 29.1 Å². The van der Waals surface area contributed by atoms with Crippen LogP contribution >= 0.6 is 23.2 Å². The van der Waals surface area contributed by atoms with E-state index in [0.29, 0.717) is 12.6 Å². The van der Waals surface area contributed by atoms with Crippen molar-refractivity contribution in [1.82, 2.24) is 10.2 Å². The van der Waals surface area contributed by atoms with Crippen LogP contribution in [0, 0.1) is 17.3 Å². The Morgan fingerprint density at radius 1 is 1.41 bits per heavy atom. The van der Waals surface area contributed by atoms with Crippen LogP contribution in [0.3, 0.4) is 0 Å². The summed E-state index contributed by atoms with van der Waals surface area (Å²) in [6.07, 6.45) is 1.02. The lowest BCUT2D eigenvalue weighted by atomic mass is 10.0. The molecule has 2 heterocycles. The van der Waals surface area contributed by atoms with Gasteiger partial charge in [0.05, 0.1) is 5.92 Å². The quantitative estimate of drug-likeness (QED) is 0.628. The first-order valence-electron chi connectivity index (χ1n) is 6.23. The van der Waals surface area contributed by atoms with Gasteiger partial charge in [-0.2, -0.15) is 0 Å². The van der Waals surface area contributed by atoms with Crippen molar-refractivity contribution in [2.75, 3.05) is 19.6 Å². The number of alkyl halides is 2. The van der Waals surface area contributed by atoms with E-state index < -0.39 is 4.33 Å². The Morgan fingerprint density at radius 3 is 2.53 bits per heavy atom. The number of halogens is 2. The fourth-order valence-corrected chi connectivity index (χ4v) is 3.89. The molecule has 1 aliphatic carbocycles. The topological polar surface area (TPSA) is 32.1 Å². The number of rotatable bonds is 3. The van der Waals surface area contributed by atoms with Gasteiger partial charge in [0.2, 0.25) is 5.91 Å². The summed E-state index contributed by atoms with van der Waals surface area (Å²) in [7, 11) is 0. The highest BCUT2D eigenvalue weighted by Crippen LogP contribution is 2.68. The lowest BCUT2D eigenvalue weighted by Crippen LogP contribution is -2.34. The van der Waals surface area contributed by atoms with Crippen molar-refractivity contribution in [2.24, 2.45) is 17.3 Å². The van der Waals surface area contributed by atoms with Crippen LogP contribution in [0.15, 0.2) is 0 Å². The second-order valence-electron chi connectivity index (χ2n) is 6.18. The number of piperidine rings is 1. The van der Waals surface area contributed by atoms with Gasteiger partial charge in [-0.15, -0.1) is 23.2 Å². The van der Waals surface area contributed by atoms with Crippen molar-refractivity contribution in [3.8, 4) is 0 Å². The molecule has 2 aliphatic heterocycles. The highest BCUT2D eigenvalue weighted by atomic mass is 35.5. The van der Waals surface area contributed by atoms with E-state index in [4.69, 9.17) is 23.2 Å². The molecule has 3 nitrogen and oxygen atoms in total. The van der Waals surface area contributed by atoms with Crippen LogP contribution in [0.1, 0.15) is 20.3 Å². The van der Waals surface area contributed by atoms with Crippen molar-refractivity contribution in [1.29, 1.82) is 0 Å². The zero-order valence-electron chi connectivity index (χ0n) is 10.2. The summed E-state index contributed by atoms with van der Waals surface area (Å²) >= 11 is 12.4. The Kier molecular flexibility index (Phi) is 2.50. The highest BCUT2D eigenvalue weighted by molar-refractivity contribution is 6.51. The maximum Gasteiger partial charge on any atom is 0.224 e. The van der Waals surface area contributed by atoms with E-state index in [0.717, 1.165) is 13.0 Å². The van der Waals surface area contributed by atoms with E-state index in [2.05, 4.69) is 10.2 Å². The maximum absolute atomic E-state index is 11.9. The van der Waals surface area contributed by atoms with Crippen LogP contribution < -0.4 is 5.32 Å². The van der Waals surface area contributed by atoms with Crippen LogP contribution in [0.4, 0.5) is 0 Å². The summed E-state index contributed by atoms with van der Waals surface area (Å²) in [5.41, 5.74) is -0.0926. The fourth-order valence-electron chi connectivity index (χ4n) is 3.03. The van der Waals surface area contributed by atoms with Gasteiger partial charge in [-0.1, -0.05) is 13.8 Å². The predicted octanol–water partition coefficient (Wildman–Crippen LogP) is 1.64. The summed E-state index contributed by atoms with van der Waals surface area (Å²) in [5, 5.41) is 3.00. The summed E-state index contributed by atoms with van der Waals surface area (Å²) in [4.78, 5) is 14.3. The molecule has 3 unspecified atom stereocenters. The first kappa shape index (κ1) is 12.1. The minimum Gasteiger partial charge on any atom is -0.355 e. The minimum absolute atomic E-state index is 0.0926. The highest BCUT2D eigenvalue weighted by Gasteiger charge is 2.69. The van der Waals surface area contributed by atoms with Gasteiger partial charge in [0.25, 0.3) is 0 Å². The Morgan fingerprint density at radius 2 is 2.06 bits per heavy atom. The van der Waals surface area contributed by atoms with Crippen LogP contribution in [-0.4, -0.2) is 40.8 Å². The van der Waals surface area contributed by atoms with Gasteiger partial charge in [0.15, 0.2) is 0 Å². The van der Waals surface area contributed by atoms with E-state index in [1.807, 2.05) is 13.8 Å².